The third-order valence-corrected chi connectivity index (χ3v) is 5.62. The third-order valence-electron chi connectivity index (χ3n) is 4.27. The van der Waals surface area contributed by atoms with E-state index in [0.29, 0.717) is 10.8 Å². The number of para-hydroxylation sites is 1. The van der Waals surface area contributed by atoms with Crippen LogP contribution in [0.3, 0.4) is 0 Å². The molecule has 5 heteroatoms. The van der Waals surface area contributed by atoms with Gasteiger partial charge in [-0.3, -0.25) is 4.98 Å². The van der Waals surface area contributed by atoms with Crippen molar-refractivity contribution in [1.82, 2.24) is 15.0 Å². The van der Waals surface area contributed by atoms with Gasteiger partial charge < -0.3 is 0 Å². The van der Waals surface area contributed by atoms with Crippen molar-refractivity contribution in [1.29, 1.82) is 0 Å². The van der Waals surface area contributed by atoms with E-state index >= 15 is 0 Å². The molecule has 5 aromatic rings. The van der Waals surface area contributed by atoms with E-state index in [4.69, 9.17) is 11.6 Å². The van der Waals surface area contributed by atoms with Crippen LogP contribution >= 0.6 is 22.9 Å². The van der Waals surface area contributed by atoms with Gasteiger partial charge in [-0.2, -0.15) is 0 Å². The minimum absolute atomic E-state index is 0.677. The summed E-state index contributed by atoms with van der Waals surface area (Å²) in [6, 6.07) is 20.1. The molecule has 2 aromatic carbocycles. The smallest absolute Gasteiger partial charge is 0.170 e. The lowest BCUT2D eigenvalue weighted by Crippen LogP contribution is -1.87. The molecule has 0 fully saturated rings. The zero-order valence-electron chi connectivity index (χ0n) is 13.6. The van der Waals surface area contributed by atoms with Crippen LogP contribution in [0.4, 0.5) is 0 Å². The van der Waals surface area contributed by atoms with Gasteiger partial charge in [0.1, 0.15) is 0 Å². The van der Waals surface area contributed by atoms with E-state index in [2.05, 4.69) is 51.4 Å². The van der Waals surface area contributed by atoms with Crippen molar-refractivity contribution < 1.29 is 0 Å². The summed E-state index contributed by atoms with van der Waals surface area (Å²) in [5.41, 5.74) is 2.99. The molecule has 124 valence electrons. The van der Waals surface area contributed by atoms with Crippen molar-refractivity contribution in [3.05, 3.63) is 78.1 Å². The molecule has 26 heavy (non-hydrogen) atoms. The lowest BCUT2D eigenvalue weighted by atomic mass is 10.1. The second kappa shape index (κ2) is 6.16. The highest BCUT2D eigenvalue weighted by atomic mass is 35.5. The summed E-state index contributed by atoms with van der Waals surface area (Å²) >= 11 is 7.76. The second-order valence-electron chi connectivity index (χ2n) is 5.94. The van der Waals surface area contributed by atoms with Gasteiger partial charge in [0.15, 0.2) is 5.82 Å². The van der Waals surface area contributed by atoms with Gasteiger partial charge in [0.05, 0.1) is 15.9 Å². The highest BCUT2D eigenvalue weighted by molar-refractivity contribution is 7.18. The summed E-state index contributed by atoms with van der Waals surface area (Å²) in [6.07, 6.45) is 3.67. The van der Waals surface area contributed by atoms with Gasteiger partial charge in [0.2, 0.25) is 0 Å². The molecule has 0 saturated heterocycles. The van der Waals surface area contributed by atoms with Gasteiger partial charge in [-0.25, -0.2) is 9.97 Å². The number of benzene rings is 2. The van der Waals surface area contributed by atoms with Gasteiger partial charge in [-0.15, -0.1) is 11.3 Å². The Labute approximate surface area is 159 Å². The molecule has 0 aliphatic rings. The largest absolute Gasteiger partial charge is 0.256 e. The van der Waals surface area contributed by atoms with Crippen molar-refractivity contribution in [3.8, 4) is 21.1 Å². The Kier molecular flexibility index (Phi) is 3.66. The predicted molar refractivity (Wildman–Crippen MR) is 109 cm³/mol. The molecule has 0 bridgehead atoms. The first-order valence-electron chi connectivity index (χ1n) is 8.14. The minimum Gasteiger partial charge on any atom is -0.256 e. The Morgan fingerprint density at radius 3 is 2.65 bits per heavy atom. The van der Waals surface area contributed by atoms with E-state index in [1.807, 2.05) is 36.7 Å². The minimum atomic E-state index is 0.677. The number of thiophene rings is 1. The average molecular weight is 374 g/mol. The standard InChI is InChI=1S/C21H12ClN3S/c22-15-7-6-14-12-24-21(25-17(14)11-15)19-9-8-18(26-19)16-5-1-3-13-4-2-10-23-20(13)16/h1-12H. The SMILES string of the molecule is Clc1ccc2cnc(-c3ccc(-c4cccc5cccnc45)s3)nc2c1. The molecule has 0 saturated carbocycles. The van der Waals surface area contributed by atoms with Crippen LogP contribution in [0.1, 0.15) is 0 Å². The second-order valence-corrected chi connectivity index (χ2v) is 7.46. The molecule has 0 aliphatic carbocycles. The molecule has 5 rings (SSSR count). The monoisotopic (exact) mass is 373 g/mol. The molecule has 3 aromatic heterocycles. The number of hydrogen-bond donors (Lipinski definition) is 0. The summed E-state index contributed by atoms with van der Waals surface area (Å²) in [4.78, 5) is 15.9. The molecular weight excluding hydrogens is 362 g/mol. The molecular formula is C21H12ClN3S. The Bertz CT molecular complexity index is 1260. The van der Waals surface area contributed by atoms with Gasteiger partial charge in [0, 0.05) is 38.6 Å². The fraction of sp³-hybridized carbons (Fsp3) is 0. The fourth-order valence-electron chi connectivity index (χ4n) is 3.02. The molecule has 3 heterocycles. The van der Waals surface area contributed by atoms with Crippen molar-refractivity contribution in [2.24, 2.45) is 0 Å². The van der Waals surface area contributed by atoms with E-state index in [-0.39, 0.29) is 0 Å². The zero-order chi connectivity index (χ0) is 17.5. The zero-order valence-corrected chi connectivity index (χ0v) is 15.1. The Morgan fingerprint density at radius 2 is 1.69 bits per heavy atom. The van der Waals surface area contributed by atoms with Crippen molar-refractivity contribution in [3.63, 3.8) is 0 Å². The van der Waals surface area contributed by atoms with Crippen LogP contribution in [0, 0.1) is 0 Å². The van der Waals surface area contributed by atoms with Crippen LogP contribution in [-0.2, 0) is 0 Å². The first kappa shape index (κ1) is 15.4. The number of nitrogens with zero attached hydrogens (tertiary/aromatic N) is 3. The van der Waals surface area contributed by atoms with Gasteiger partial charge >= 0.3 is 0 Å². The molecule has 0 spiro atoms. The number of aromatic nitrogens is 3. The van der Waals surface area contributed by atoms with Crippen LogP contribution in [0.15, 0.2) is 73.1 Å². The lowest BCUT2D eigenvalue weighted by Gasteiger charge is -2.03. The van der Waals surface area contributed by atoms with Crippen LogP contribution in [0.5, 0.6) is 0 Å². The Morgan fingerprint density at radius 1 is 0.808 bits per heavy atom. The maximum Gasteiger partial charge on any atom is 0.170 e. The summed E-state index contributed by atoms with van der Waals surface area (Å²) in [5, 5.41) is 2.79. The van der Waals surface area contributed by atoms with Crippen molar-refractivity contribution in [2.75, 3.05) is 0 Å². The summed E-state index contributed by atoms with van der Waals surface area (Å²) in [7, 11) is 0. The molecule has 3 nitrogen and oxygen atoms in total. The topological polar surface area (TPSA) is 38.7 Å². The molecule has 0 aliphatic heterocycles. The summed E-state index contributed by atoms with van der Waals surface area (Å²) in [6.45, 7) is 0. The van der Waals surface area contributed by atoms with E-state index in [1.165, 1.54) is 0 Å². The number of fused-ring (bicyclic) bond motifs is 2. The number of rotatable bonds is 2. The van der Waals surface area contributed by atoms with Crippen LogP contribution in [-0.4, -0.2) is 15.0 Å². The van der Waals surface area contributed by atoms with E-state index in [0.717, 1.165) is 37.1 Å². The molecule has 0 radical (unpaired) electrons. The molecule has 0 amide bonds. The average Bonchev–Trinajstić information content (AvgIpc) is 3.17. The normalized spacial score (nSPS) is 11.3. The quantitative estimate of drug-likeness (QED) is 0.368. The fourth-order valence-corrected chi connectivity index (χ4v) is 4.16. The van der Waals surface area contributed by atoms with Crippen LogP contribution in [0.25, 0.3) is 42.9 Å². The van der Waals surface area contributed by atoms with Crippen molar-refractivity contribution in [2.45, 2.75) is 0 Å². The highest BCUT2D eigenvalue weighted by Gasteiger charge is 2.11. The lowest BCUT2D eigenvalue weighted by molar-refractivity contribution is 1.24. The number of hydrogen-bond acceptors (Lipinski definition) is 4. The van der Waals surface area contributed by atoms with Gasteiger partial charge in [-0.05, 0) is 36.4 Å². The first-order valence-corrected chi connectivity index (χ1v) is 9.34. The Balaban J connectivity index is 1.62. The highest BCUT2D eigenvalue weighted by Crippen LogP contribution is 2.36. The third kappa shape index (κ3) is 2.64. The van der Waals surface area contributed by atoms with Crippen LogP contribution in [0.2, 0.25) is 5.02 Å². The molecule has 0 unspecified atom stereocenters. The van der Waals surface area contributed by atoms with Gasteiger partial charge in [-0.1, -0.05) is 35.9 Å². The first-order chi connectivity index (χ1) is 12.8. The molecule has 0 atom stereocenters. The van der Waals surface area contributed by atoms with Gasteiger partial charge in [0.25, 0.3) is 0 Å². The maximum absolute atomic E-state index is 6.09. The van der Waals surface area contributed by atoms with E-state index in [9.17, 15) is 0 Å². The maximum atomic E-state index is 6.09. The molecule has 0 N–H and O–H groups in total. The van der Waals surface area contributed by atoms with Crippen molar-refractivity contribution >= 4 is 44.7 Å². The summed E-state index contributed by atoms with van der Waals surface area (Å²) < 4.78 is 0. The predicted octanol–water partition coefficient (Wildman–Crippen LogP) is 6.23. The van der Waals surface area contributed by atoms with E-state index < -0.39 is 0 Å². The Hall–Kier alpha value is -2.82. The number of halogens is 1. The number of pyridine rings is 1. The summed E-state index contributed by atoms with van der Waals surface area (Å²) in [5.74, 6) is 0.712. The van der Waals surface area contributed by atoms with Crippen LogP contribution < -0.4 is 0 Å². The van der Waals surface area contributed by atoms with E-state index in [1.54, 1.807) is 11.3 Å².